The molecule has 0 radical (unpaired) electrons. The molecule has 4 nitrogen and oxygen atoms in total. The average molecular weight is 289 g/mol. The summed E-state index contributed by atoms with van der Waals surface area (Å²) in [6.45, 7) is 6.35. The zero-order chi connectivity index (χ0) is 15.4. The van der Waals surface area contributed by atoms with Crippen LogP contribution in [0.15, 0.2) is 12.1 Å². The zero-order valence-corrected chi connectivity index (χ0v) is 13.4. The maximum Gasteiger partial charge on any atom is 0.251 e. The van der Waals surface area contributed by atoms with E-state index >= 15 is 0 Å². The molecule has 0 spiro atoms. The van der Waals surface area contributed by atoms with Crippen LogP contribution in [-0.4, -0.2) is 16.9 Å². The zero-order valence-electron chi connectivity index (χ0n) is 13.4. The topological polar surface area (TPSA) is 68.0 Å². The molecular weight excluding hydrogens is 262 g/mol. The SMILES string of the molecule is CCC1CCC(NC(=O)c2cc(N)nc(C(C)C)c2)CC1. The van der Waals surface area contributed by atoms with Gasteiger partial charge in [-0.25, -0.2) is 4.98 Å². The van der Waals surface area contributed by atoms with Crippen molar-refractivity contribution in [3.8, 4) is 0 Å². The van der Waals surface area contributed by atoms with Crippen molar-refractivity contribution < 1.29 is 4.79 Å². The lowest BCUT2D eigenvalue weighted by atomic mass is 9.84. The summed E-state index contributed by atoms with van der Waals surface area (Å²) in [5.74, 6) is 1.49. The lowest BCUT2D eigenvalue weighted by molar-refractivity contribution is 0.0921. The molecule has 1 saturated carbocycles. The van der Waals surface area contributed by atoms with Gasteiger partial charge in [0.15, 0.2) is 0 Å². The van der Waals surface area contributed by atoms with E-state index in [4.69, 9.17) is 5.73 Å². The van der Waals surface area contributed by atoms with Crippen LogP contribution in [0.1, 0.15) is 74.8 Å². The highest BCUT2D eigenvalue weighted by molar-refractivity contribution is 5.95. The van der Waals surface area contributed by atoms with E-state index in [9.17, 15) is 4.79 Å². The standard InChI is InChI=1S/C17H27N3O/c1-4-12-5-7-14(8-6-12)19-17(21)13-9-15(11(2)3)20-16(18)10-13/h9-12,14H,4-8H2,1-3H3,(H2,18,20)(H,19,21). The van der Waals surface area contributed by atoms with Gasteiger partial charge in [-0.05, 0) is 49.7 Å². The van der Waals surface area contributed by atoms with Gasteiger partial charge in [0.1, 0.15) is 5.82 Å². The third-order valence-corrected chi connectivity index (χ3v) is 4.48. The third kappa shape index (κ3) is 4.19. The number of nitrogen functional groups attached to an aromatic ring is 1. The number of amides is 1. The third-order valence-electron chi connectivity index (χ3n) is 4.48. The minimum Gasteiger partial charge on any atom is -0.384 e. The second-order valence-electron chi connectivity index (χ2n) is 6.46. The van der Waals surface area contributed by atoms with Gasteiger partial charge in [0, 0.05) is 17.3 Å². The lowest BCUT2D eigenvalue weighted by Crippen LogP contribution is -2.37. The summed E-state index contributed by atoms with van der Waals surface area (Å²) in [7, 11) is 0. The summed E-state index contributed by atoms with van der Waals surface area (Å²) in [6.07, 6.45) is 5.86. The number of pyridine rings is 1. The molecule has 0 aliphatic heterocycles. The number of anilines is 1. The van der Waals surface area contributed by atoms with Crippen LogP contribution < -0.4 is 11.1 Å². The minimum absolute atomic E-state index is 0.0223. The van der Waals surface area contributed by atoms with E-state index in [1.165, 1.54) is 19.3 Å². The first-order valence-electron chi connectivity index (χ1n) is 8.08. The molecule has 0 aromatic carbocycles. The molecule has 1 aliphatic rings. The van der Waals surface area contributed by atoms with E-state index in [0.717, 1.165) is 24.5 Å². The van der Waals surface area contributed by atoms with Crippen LogP contribution in [0.2, 0.25) is 0 Å². The van der Waals surface area contributed by atoms with Crippen molar-refractivity contribution in [3.05, 3.63) is 23.4 Å². The highest BCUT2D eigenvalue weighted by Gasteiger charge is 2.22. The van der Waals surface area contributed by atoms with Gasteiger partial charge in [0.25, 0.3) is 5.91 Å². The maximum atomic E-state index is 12.4. The maximum absolute atomic E-state index is 12.4. The summed E-state index contributed by atoms with van der Waals surface area (Å²) in [5, 5.41) is 3.15. The summed E-state index contributed by atoms with van der Waals surface area (Å²) in [5.41, 5.74) is 7.31. The Labute approximate surface area is 127 Å². The summed E-state index contributed by atoms with van der Waals surface area (Å²) in [4.78, 5) is 16.7. The molecule has 116 valence electrons. The van der Waals surface area contributed by atoms with Crippen molar-refractivity contribution in [3.63, 3.8) is 0 Å². The van der Waals surface area contributed by atoms with Gasteiger partial charge in [-0.2, -0.15) is 0 Å². The molecule has 0 bridgehead atoms. The van der Waals surface area contributed by atoms with Crippen LogP contribution in [0.5, 0.6) is 0 Å². The Morgan fingerprint density at radius 1 is 1.33 bits per heavy atom. The summed E-state index contributed by atoms with van der Waals surface area (Å²) < 4.78 is 0. The van der Waals surface area contributed by atoms with Crippen LogP contribution >= 0.6 is 0 Å². The second-order valence-corrected chi connectivity index (χ2v) is 6.46. The fourth-order valence-corrected chi connectivity index (χ4v) is 2.98. The fraction of sp³-hybridized carbons (Fsp3) is 0.647. The highest BCUT2D eigenvalue weighted by atomic mass is 16.1. The van der Waals surface area contributed by atoms with Gasteiger partial charge >= 0.3 is 0 Å². The fourth-order valence-electron chi connectivity index (χ4n) is 2.98. The number of nitrogens with zero attached hydrogens (tertiary/aromatic N) is 1. The molecule has 1 aliphatic carbocycles. The minimum atomic E-state index is -0.0223. The van der Waals surface area contributed by atoms with Crippen LogP contribution in [0, 0.1) is 5.92 Å². The number of nitrogens with one attached hydrogen (secondary N) is 1. The van der Waals surface area contributed by atoms with E-state index in [1.807, 2.05) is 6.07 Å². The molecule has 1 heterocycles. The Bertz CT molecular complexity index is 491. The van der Waals surface area contributed by atoms with Crippen LogP contribution in [0.4, 0.5) is 5.82 Å². The van der Waals surface area contributed by atoms with E-state index in [1.54, 1.807) is 6.07 Å². The predicted octanol–water partition coefficient (Wildman–Crippen LogP) is 3.49. The lowest BCUT2D eigenvalue weighted by Gasteiger charge is -2.28. The van der Waals surface area contributed by atoms with Crippen molar-refractivity contribution >= 4 is 11.7 Å². The Balaban J connectivity index is 2.00. The molecule has 1 amide bonds. The highest BCUT2D eigenvalue weighted by Crippen LogP contribution is 2.26. The number of hydrogen-bond donors (Lipinski definition) is 2. The molecule has 1 fully saturated rings. The Hall–Kier alpha value is -1.58. The van der Waals surface area contributed by atoms with Crippen molar-refractivity contribution in [1.29, 1.82) is 0 Å². The Morgan fingerprint density at radius 2 is 2.00 bits per heavy atom. The molecule has 21 heavy (non-hydrogen) atoms. The van der Waals surface area contributed by atoms with Gasteiger partial charge in [0.05, 0.1) is 0 Å². The van der Waals surface area contributed by atoms with Gasteiger partial charge in [-0.15, -0.1) is 0 Å². The Kier molecular flexibility index (Phi) is 5.21. The average Bonchev–Trinajstić information content (AvgIpc) is 2.47. The van der Waals surface area contributed by atoms with Crippen molar-refractivity contribution in [2.75, 3.05) is 5.73 Å². The number of rotatable bonds is 4. The smallest absolute Gasteiger partial charge is 0.251 e. The van der Waals surface area contributed by atoms with E-state index in [2.05, 4.69) is 31.1 Å². The molecule has 3 N–H and O–H groups in total. The summed E-state index contributed by atoms with van der Waals surface area (Å²) >= 11 is 0. The van der Waals surface area contributed by atoms with Gasteiger partial charge in [-0.3, -0.25) is 4.79 Å². The van der Waals surface area contributed by atoms with Crippen LogP contribution in [-0.2, 0) is 0 Å². The number of nitrogens with two attached hydrogens (primary N) is 1. The molecule has 0 atom stereocenters. The molecule has 0 unspecified atom stereocenters. The molecule has 4 heteroatoms. The van der Waals surface area contributed by atoms with Crippen LogP contribution in [0.25, 0.3) is 0 Å². The van der Waals surface area contributed by atoms with Crippen molar-refractivity contribution in [2.45, 2.75) is 64.8 Å². The quantitative estimate of drug-likeness (QED) is 0.891. The molecule has 0 saturated heterocycles. The van der Waals surface area contributed by atoms with E-state index in [-0.39, 0.29) is 11.8 Å². The Morgan fingerprint density at radius 3 is 2.57 bits per heavy atom. The van der Waals surface area contributed by atoms with E-state index in [0.29, 0.717) is 17.4 Å². The second kappa shape index (κ2) is 6.92. The monoisotopic (exact) mass is 289 g/mol. The van der Waals surface area contributed by atoms with Crippen molar-refractivity contribution in [2.24, 2.45) is 5.92 Å². The summed E-state index contributed by atoms with van der Waals surface area (Å²) in [6, 6.07) is 3.82. The molecule has 1 aromatic heterocycles. The number of carbonyl (C=O) groups is 1. The largest absolute Gasteiger partial charge is 0.384 e. The number of carbonyl (C=O) groups excluding carboxylic acids is 1. The number of hydrogen-bond acceptors (Lipinski definition) is 3. The molecule has 2 rings (SSSR count). The first-order valence-corrected chi connectivity index (χ1v) is 8.08. The van der Waals surface area contributed by atoms with Gasteiger partial charge < -0.3 is 11.1 Å². The molecule has 1 aromatic rings. The van der Waals surface area contributed by atoms with Gasteiger partial charge in [0.2, 0.25) is 0 Å². The number of aromatic nitrogens is 1. The normalized spacial score (nSPS) is 22.3. The first kappa shape index (κ1) is 15.8. The predicted molar refractivity (Wildman–Crippen MR) is 86.2 cm³/mol. The van der Waals surface area contributed by atoms with Crippen molar-refractivity contribution in [1.82, 2.24) is 10.3 Å². The van der Waals surface area contributed by atoms with E-state index < -0.39 is 0 Å². The molecular formula is C17H27N3O. The van der Waals surface area contributed by atoms with Crippen LogP contribution in [0.3, 0.4) is 0 Å². The first-order chi connectivity index (χ1) is 9.99. The van der Waals surface area contributed by atoms with Gasteiger partial charge in [-0.1, -0.05) is 27.2 Å².